The van der Waals surface area contributed by atoms with Gasteiger partial charge >= 0.3 is 0 Å². The summed E-state index contributed by atoms with van der Waals surface area (Å²) < 4.78 is 0. The average molecular weight is 350 g/mol. The molecule has 0 atom stereocenters. The molecule has 0 saturated heterocycles. The fourth-order valence-corrected chi connectivity index (χ4v) is 2.62. The number of unbranched alkanes of at least 4 members (excludes halogenated alkanes) is 1. The number of pyridine rings is 2. The van der Waals surface area contributed by atoms with Gasteiger partial charge in [-0.1, -0.05) is 43.7 Å². The zero-order valence-corrected chi connectivity index (χ0v) is 14.7. The van der Waals surface area contributed by atoms with E-state index in [1.165, 1.54) is 6.20 Å². The summed E-state index contributed by atoms with van der Waals surface area (Å²) in [5.41, 5.74) is 1.70. The molecule has 0 aliphatic rings. The SMILES string of the molecule is CCCCNC(=O)c1c[nH]c2ccc(NCc3ccccc3)nc2c1=O. The lowest BCUT2D eigenvalue weighted by atomic mass is 10.2. The van der Waals surface area contributed by atoms with Gasteiger partial charge in [-0.15, -0.1) is 0 Å². The minimum atomic E-state index is -0.369. The standard InChI is InChI=1S/C20H22N4O2/c1-2-3-11-21-20(26)15-13-22-16-9-10-17(24-18(16)19(15)25)23-12-14-7-5-4-6-8-14/h4-10,13H,2-3,11-12H2,1H3,(H,21,26)(H,22,25)(H,23,24). The molecule has 134 valence electrons. The Kier molecular flexibility index (Phi) is 5.63. The summed E-state index contributed by atoms with van der Waals surface area (Å²) in [6.07, 6.45) is 3.31. The normalized spacial score (nSPS) is 10.7. The van der Waals surface area contributed by atoms with Crippen LogP contribution in [0.4, 0.5) is 5.82 Å². The number of nitrogens with one attached hydrogen (secondary N) is 3. The molecular weight excluding hydrogens is 328 g/mol. The summed E-state index contributed by atoms with van der Waals surface area (Å²) in [5.74, 6) is 0.224. The first-order valence-electron chi connectivity index (χ1n) is 8.77. The number of hydrogen-bond acceptors (Lipinski definition) is 4. The topological polar surface area (TPSA) is 86.9 Å². The summed E-state index contributed by atoms with van der Waals surface area (Å²) >= 11 is 0. The highest BCUT2D eigenvalue weighted by Gasteiger charge is 2.13. The second kappa shape index (κ2) is 8.29. The third-order valence-corrected chi connectivity index (χ3v) is 4.10. The molecule has 1 aromatic carbocycles. The number of aromatic amines is 1. The molecule has 0 radical (unpaired) electrons. The fraction of sp³-hybridized carbons (Fsp3) is 0.250. The van der Waals surface area contributed by atoms with E-state index in [9.17, 15) is 9.59 Å². The predicted octanol–water partition coefficient (Wildman–Crippen LogP) is 3.07. The first kappa shape index (κ1) is 17.7. The van der Waals surface area contributed by atoms with Crippen molar-refractivity contribution < 1.29 is 4.79 Å². The molecule has 0 fully saturated rings. The van der Waals surface area contributed by atoms with Crippen LogP contribution in [0.1, 0.15) is 35.7 Å². The summed E-state index contributed by atoms with van der Waals surface area (Å²) in [5, 5.41) is 5.97. The van der Waals surface area contributed by atoms with Crippen molar-refractivity contribution >= 4 is 22.8 Å². The van der Waals surface area contributed by atoms with Gasteiger partial charge in [0.25, 0.3) is 5.91 Å². The molecule has 0 spiro atoms. The Morgan fingerprint density at radius 3 is 2.73 bits per heavy atom. The Hall–Kier alpha value is -3.15. The van der Waals surface area contributed by atoms with Gasteiger partial charge in [-0.2, -0.15) is 0 Å². The zero-order valence-electron chi connectivity index (χ0n) is 14.7. The molecule has 0 bridgehead atoms. The van der Waals surface area contributed by atoms with Crippen molar-refractivity contribution in [2.45, 2.75) is 26.3 Å². The molecule has 0 saturated carbocycles. The van der Waals surface area contributed by atoms with Gasteiger partial charge < -0.3 is 15.6 Å². The maximum atomic E-state index is 12.7. The van der Waals surface area contributed by atoms with Gasteiger partial charge in [-0.25, -0.2) is 4.98 Å². The number of carbonyl (C=O) groups is 1. The Morgan fingerprint density at radius 1 is 1.15 bits per heavy atom. The van der Waals surface area contributed by atoms with E-state index in [0.717, 1.165) is 18.4 Å². The van der Waals surface area contributed by atoms with E-state index in [-0.39, 0.29) is 22.4 Å². The highest BCUT2D eigenvalue weighted by atomic mass is 16.2. The van der Waals surface area contributed by atoms with E-state index in [4.69, 9.17) is 0 Å². The van der Waals surface area contributed by atoms with Crippen molar-refractivity contribution in [3.63, 3.8) is 0 Å². The Labute approximate surface area is 151 Å². The van der Waals surface area contributed by atoms with Crippen LogP contribution in [-0.4, -0.2) is 22.4 Å². The van der Waals surface area contributed by atoms with Crippen LogP contribution in [0, 0.1) is 0 Å². The van der Waals surface area contributed by atoms with Crippen LogP contribution in [0.25, 0.3) is 11.0 Å². The minimum absolute atomic E-state index is 0.0845. The average Bonchev–Trinajstić information content (AvgIpc) is 2.68. The number of carbonyl (C=O) groups excluding carboxylic acids is 1. The fourth-order valence-electron chi connectivity index (χ4n) is 2.62. The Balaban J connectivity index is 1.82. The molecule has 2 aromatic heterocycles. The van der Waals surface area contributed by atoms with Gasteiger partial charge in [0.1, 0.15) is 16.9 Å². The maximum Gasteiger partial charge on any atom is 0.256 e. The van der Waals surface area contributed by atoms with Crippen LogP contribution in [0.2, 0.25) is 0 Å². The van der Waals surface area contributed by atoms with Crippen molar-refractivity contribution in [1.29, 1.82) is 0 Å². The number of rotatable bonds is 7. The monoisotopic (exact) mass is 350 g/mol. The quantitative estimate of drug-likeness (QED) is 0.572. The van der Waals surface area contributed by atoms with Gasteiger partial charge in [0, 0.05) is 19.3 Å². The van der Waals surface area contributed by atoms with E-state index < -0.39 is 0 Å². The van der Waals surface area contributed by atoms with E-state index in [1.807, 2.05) is 43.3 Å². The number of hydrogen-bond donors (Lipinski definition) is 3. The molecular formula is C20H22N4O2. The van der Waals surface area contributed by atoms with Crippen molar-refractivity contribution in [1.82, 2.24) is 15.3 Å². The maximum absolute atomic E-state index is 12.7. The third kappa shape index (κ3) is 4.08. The number of H-pyrrole nitrogens is 1. The molecule has 3 aromatic rings. The van der Waals surface area contributed by atoms with Gasteiger partial charge in [0.15, 0.2) is 0 Å². The van der Waals surface area contributed by atoms with Crippen molar-refractivity contribution in [2.75, 3.05) is 11.9 Å². The molecule has 0 aliphatic carbocycles. The third-order valence-electron chi connectivity index (χ3n) is 4.10. The van der Waals surface area contributed by atoms with Crippen LogP contribution < -0.4 is 16.1 Å². The van der Waals surface area contributed by atoms with Crippen LogP contribution >= 0.6 is 0 Å². The second-order valence-electron chi connectivity index (χ2n) is 6.07. The van der Waals surface area contributed by atoms with E-state index >= 15 is 0 Å². The van der Waals surface area contributed by atoms with Crippen LogP contribution in [-0.2, 0) is 6.54 Å². The number of amides is 1. The number of aromatic nitrogens is 2. The lowest BCUT2D eigenvalue weighted by Crippen LogP contribution is -2.29. The summed E-state index contributed by atoms with van der Waals surface area (Å²) in [4.78, 5) is 32.2. The van der Waals surface area contributed by atoms with Gasteiger partial charge in [-0.05, 0) is 24.1 Å². The summed E-state index contributed by atoms with van der Waals surface area (Å²) in [6.45, 7) is 3.20. The lowest BCUT2D eigenvalue weighted by Gasteiger charge is -2.08. The zero-order chi connectivity index (χ0) is 18.4. The molecule has 0 unspecified atom stereocenters. The highest BCUT2D eigenvalue weighted by molar-refractivity contribution is 5.96. The smallest absolute Gasteiger partial charge is 0.256 e. The molecule has 6 nitrogen and oxygen atoms in total. The first-order valence-corrected chi connectivity index (χ1v) is 8.77. The van der Waals surface area contributed by atoms with E-state index in [0.29, 0.717) is 24.4 Å². The molecule has 3 rings (SSSR count). The first-order chi connectivity index (χ1) is 12.7. The Morgan fingerprint density at radius 2 is 1.96 bits per heavy atom. The van der Waals surface area contributed by atoms with Gasteiger partial charge in [0.2, 0.25) is 5.43 Å². The van der Waals surface area contributed by atoms with Crippen molar-refractivity contribution in [3.8, 4) is 0 Å². The molecule has 3 N–H and O–H groups in total. The summed E-state index contributed by atoms with van der Waals surface area (Å²) in [6, 6.07) is 13.5. The lowest BCUT2D eigenvalue weighted by molar-refractivity contribution is 0.0952. The Bertz CT molecular complexity index is 951. The van der Waals surface area contributed by atoms with Gasteiger partial charge in [-0.3, -0.25) is 9.59 Å². The van der Waals surface area contributed by atoms with Crippen LogP contribution in [0.5, 0.6) is 0 Å². The largest absolute Gasteiger partial charge is 0.366 e. The van der Waals surface area contributed by atoms with Gasteiger partial charge in [0.05, 0.1) is 5.52 Å². The molecule has 2 heterocycles. The number of anilines is 1. The predicted molar refractivity (Wildman–Crippen MR) is 103 cm³/mol. The number of fused-ring (bicyclic) bond motifs is 1. The molecule has 0 aliphatic heterocycles. The highest BCUT2D eigenvalue weighted by Crippen LogP contribution is 2.12. The summed E-state index contributed by atoms with van der Waals surface area (Å²) in [7, 11) is 0. The minimum Gasteiger partial charge on any atom is -0.366 e. The molecule has 26 heavy (non-hydrogen) atoms. The van der Waals surface area contributed by atoms with E-state index in [1.54, 1.807) is 6.07 Å². The molecule has 1 amide bonds. The molecule has 6 heteroatoms. The van der Waals surface area contributed by atoms with Crippen molar-refractivity contribution in [2.24, 2.45) is 0 Å². The van der Waals surface area contributed by atoms with E-state index in [2.05, 4.69) is 20.6 Å². The van der Waals surface area contributed by atoms with Crippen LogP contribution in [0.3, 0.4) is 0 Å². The number of benzene rings is 1. The number of nitrogens with zero attached hydrogens (tertiary/aromatic N) is 1. The van der Waals surface area contributed by atoms with Crippen molar-refractivity contribution in [3.05, 3.63) is 70.0 Å². The second-order valence-corrected chi connectivity index (χ2v) is 6.07. The van der Waals surface area contributed by atoms with Crippen LogP contribution in [0.15, 0.2) is 53.5 Å².